The standard InChI is InChI=1S/C14H23N3O3S/c1-15-8-5-9-17(2)21(18,19)16-11-13-10-12-6-3-4-7-14(12)20-13/h3-4,6-7,13,15-16H,5,8-11H2,1-2H3. The minimum Gasteiger partial charge on any atom is -0.488 e. The van der Waals surface area contributed by atoms with E-state index >= 15 is 0 Å². The van der Waals surface area contributed by atoms with Gasteiger partial charge in [-0.3, -0.25) is 0 Å². The fraction of sp³-hybridized carbons (Fsp3) is 0.571. The van der Waals surface area contributed by atoms with Crippen molar-refractivity contribution in [1.82, 2.24) is 14.3 Å². The molecule has 2 N–H and O–H groups in total. The molecule has 1 aliphatic heterocycles. The lowest BCUT2D eigenvalue weighted by molar-refractivity contribution is 0.235. The minimum atomic E-state index is -3.44. The van der Waals surface area contributed by atoms with Gasteiger partial charge in [0.25, 0.3) is 10.2 Å². The fourth-order valence-corrected chi connectivity index (χ4v) is 3.26. The molecule has 1 aromatic rings. The third-order valence-corrected chi connectivity index (χ3v) is 5.05. The Morgan fingerprint density at radius 2 is 2.14 bits per heavy atom. The van der Waals surface area contributed by atoms with Gasteiger partial charge in [0.15, 0.2) is 0 Å². The van der Waals surface area contributed by atoms with Crippen molar-refractivity contribution in [3.8, 4) is 5.75 Å². The zero-order chi connectivity index (χ0) is 15.3. The van der Waals surface area contributed by atoms with Gasteiger partial charge in [-0.25, -0.2) is 0 Å². The molecule has 6 nitrogen and oxygen atoms in total. The number of nitrogens with one attached hydrogen (secondary N) is 2. The summed E-state index contributed by atoms with van der Waals surface area (Å²) < 4.78 is 33.9. The number of nitrogens with zero attached hydrogens (tertiary/aromatic N) is 1. The van der Waals surface area contributed by atoms with Crippen LogP contribution in [0, 0.1) is 0 Å². The maximum atomic E-state index is 12.1. The van der Waals surface area contributed by atoms with Crippen molar-refractivity contribution in [3.05, 3.63) is 29.8 Å². The molecule has 0 bridgehead atoms. The number of para-hydroxylation sites is 1. The predicted molar refractivity (Wildman–Crippen MR) is 82.7 cm³/mol. The van der Waals surface area contributed by atoms with Gasteiger partial charge in [0.2, 0.25) is 0 Å². The van der Waals surface area contributed by atoms with Crippen LogP contribution < -0.4 is 14.8 Å². The van der Waals surface area contributed by atoms with Crippen LogP contribution in [0.4, 0.5) is 0 Å². The van der Waals surface area contributed by atoms with Gasteiger partial charge >= 0.3 is 0 Å². The Kier molecular flexibility index (Phi) is 5.58. The van der Waals surface area contributed by atoms with Gasteiger partial charge < -0.3 is 10.1 Å². The van der Waals surface area contributed by atoms with Gasteiger partial charge in [-0.2, -0.15) is 17.4 Å². The van der Waals surface area contributed by atoms with Crippen LogP contribution in [0.25, 0.3) is 0 Å². The number of hydrogen-bond acceptors (Lipinski definition) is 4. The average Bonchev–Trinajstić information content (AvgIpc) is 2.88. The van der Waals surface area contributed by atoms with E-state index < -0.39 is 10.2 Å². The maximum Gasteiger partial charge on any atom is 0.279 e. The Hall–Kier alpha value is -1.15. The van der Waals surface area contributed by atoms with Crippen LogP contribution in [0.2, 0.25) is 0 Å². The van der Waals surface area contributed by atoms with Gasteiger partial charge in [0.1, 0.15) is 11.9 Å². The van der Waals surface area contributed by atoms with E-state index in [1.165, 1.54) is 4.31 Å². The highest BCUT2D eigenvalue weighted by Gasteiger charge is 2.25. The van der Waals surface area contributed by atoms with E-state index in [1.807, 2.05) is 31.3 Å². The molecule has 1 aromatic carbocycles. The van der Waals surface area contributed by atoms with Crippen LogP contribution in [0.1, 0.15) is 12.0 Å². The van der Waals surface area contributed by atoms with Crippen molar-refractivity contribution < 1.29 is 13.2 Å². The molecule has 0 fully saturated rings. The number of ether oxygens (including phenoxy) is 1. The highest BCUT2D eigenvalue weighted by atomic mass is 32.2. The average molecular weight is 313 g/mol. The molecular formula is C14H23N3O3S. The van der Waals surface area contributed by atoms with Crippen LogP contribution in [-0.4, -0.2) is 52.6 Å². The van der Waals surface area contributed by atoms with Gasteiger partial charge in [0.05, 0.1) is 0 Å². The summed E-state index contributed by atoms with van der Waals surface area (Å²) in [5.74, 6) is 0.851. The molecule has 1 atom stereocenters. The molecule has 0 saturated heterocycles. The molecule has 0 spiro atoms. The molecule has 0 aliphatic carbocycles. The summed E-state index contributed by atoms with van der Waals surface area (Å²) >= 11 is 0. The van der Waals surface area contributed by atoms with Crippen LogP contribution in [0.15, 0.2) is 24.3 Å². The van der Waals surface area contributed by atoms with Crippen molar-refractivity contribution in [1.29, 1.82) is 0 Å². The molecule has 0 aromatic heterocycles. The first-order chi connectivity index (χ1) is 10.0. The second-order valence-electron chi connectivity index (χ2n) is 5.18. The van der Waals surface area contributed by atoms with E-state index in [2.05, 4.69) is 10.0 Å². The molecular weight excluding hydrogens is 290 g/mol. The normalized spacial score (nSPS) is 17.8. The molecule has 1 aliphatic rings. The van der Waals surface area contributed by atoms with E-state index in [-0.39, 0.29) is 12.6 Å². The SMILES string of the molecule is CNCCCN(C)S(=O)(=O)NCC1Cc2ccccc2O1. The van der Waals surface area contributed by atoms with Crippen LogP contribution >= 0.6 is 0 Å². The summed E-state index contributed by atoms with van der Waals surface area (Å²) in [4.78, 5) is 0. The zero-order valence-electron chi connectivity index (χ0n) is 12.5. The quantitative estimate of drug-likeness (QED) is 0.680. The lowest BCUT2D eigenvalue weighted by Gasteiger charge is -2.19. The summed E-state index contributed by atoms with van der Waals surface area (Å²) in [7, 11) is -0.00537. The van der Waals surface area contributed by atoms with Crippen molar-refractivity contribution in [2.45, 2.75) is 18.9 Å². The monoisotopic (exact) mass is 313 g/mol. The van der Waals surface area contributed by atoms with Crippen molar-refractivity contribution in [2.75, 3.05) is 33.7 Å². The van der Waals surface area contributed by atoms with Crippen molar-refractivity contribution in [2.24, 2.45) is 0 Å². The third kappa shape index (κ3) is 4.41. The van der Waals surface area contributed by atoms with Crippen LogP contribution in [0.5, 0.6) is 5.75 Å². The molecule has 1 heterocycles. The number of benzene rings is 1. The van der Waals surface area contributed by atoms with Crippen molar-refractivity contribution >= 4 is 10.2 Å². The zero-order valence-corrected chi connectivity index (χ0v) is 13.3. The highest BCUT2D eigenvalue weighted by molar-refractivity contribution is 7.87. The van der Waals surface area contributed by atoms with Crippen molar-refractivity contribution in [3.63, 3.8) is 0 Å². The number of fused-ring (bicyclic) bond motifs is 1. The molecule has 21 heavy (non-hydrogen) atoms. The maximum absolute atomic E-state index is 12.1. The van der Waals surface area contributed by atoms with E-state index in [1.54, 1.807) is 7.05 Å². The summed E-state index contributed by atoms with van der Waals surface area (Å²) in [5.41, 5.74) is 1.13. The molecule has 2 rings (SSSR count). The summed E-state index contributed by atoms with van der Waals surface area (Å²) in [5, 5.41) is 3.00. The predicted octanol–water partition coefficient (Wildman–Crippen LogP) is 0.366. The van der Waals surface area contributed by atoms with Gasteiger partial charge in [0, 0.05) is 26.6 Å². The highest BCUT2D eigenvalue weighted by Crippen LogP contribution is 2.27. The van der Waals surface area contributed by atoms with E-state index in [9.17, 15) is 8.42 Å². The summed E-state index contributed by atoms with van der Waals surface area (Å²) in [6.45, 7) is 1.57. The Bertz CT molecular complexity index is 537. The first kappa shape index (κ1) is 16.2. The van der Waals surface area contributed by atoms with Crippen LogP contribution in [-0.2, 0) is 16.6 Å². The molecule has 0 amide bonds. The van der Waals surface area contributed by atoms with Crippen LogP contribution in [0.3, 0.4) is 0 Å². The molecule has 0 saturated carbocycles. The lowest BCUT2D eigenvalue weighted by atomic mass is 10.1. The van der Waals surface area contributed by atoms with Gasteiger partial charge in [-0.05, 0) is 31.6 Å². The van der Waals surface area contributed by atoms with E-state index in [4.69, 9.17) is 4.74 Å². The number of hydrogen-bond donors (Lipinski definition) is 2. The molecule has 1 unspecified atom stereocenters. The van der Waals surface area contributed by atoms with E-state index in [0.29, 0.717) is 6.54 Å². The Morgan fingerprint density at radius 3 is 2.86 bits per heavy atom. The second-order valence-corrected chi connectivity index (χ2v) is 7.05. The van der Waals surface area contributed by atoms with E-state index in [0.717, 1.165) is 30.7 Å². The topological polar surface area (TPSA) is 70.7 Å². The van der Waals surface area contributed by atoms with Gasteiger partial charge in [-0.15, -0.1) is 0 Å². The second kappa shape index (κ2) is 7.22. The summed E-state index contributed by atoms with van der Waals surface area (Å²) in [6.07, 6.45) is 1.38. The van der Waals surface area contributed by atoms with Gasteiger partial charge in [-0.1, -0.05) is 18.2 Å². The Labute approximate surface area is 126 Å². The molecule has 7 heteroatoms. The Morgan fingerprint density at radius 1 is 1.38 bits per heavy atom. The first-order valence-corrected chi connectivity index (χ1v) is 8.57. The number of rotatable bonds is 8. The summed E-state index contributed by atoms with van der Waals surface area (Å²) in [6, 6.07) is 7.80. The lowest BCUT2D eigenvalue weighted by Crippen LogP contribution is -2.43. The molecule has 118 valence electrons. The smallest absolute Gasteiger partial charge is 0.279 e. The minimum absolute atomic E-state index is 0.136. The first-order valence-electron chi connectivity index (χ1n) is 7.13. The molecule has 0 radical (unpaired) electrons. The third-order valence-electron chi connectivity index (χ3n) is 3.52. The Balaban J connectivity index is 1.80. The largest absolute Gasteiger partial charge is 0.488 e. The fourth-order valence-electron chi connectivity index (χ4n) is 2.27.